The van der Waals surface area contributed by atoms with E-state index in [-0.39, 0.29) is 0 Å². The van der Waals surface area contributed by atoms with E-state index in [2.05, 4.69) is 15.2 Å². The van der Waals surface area contributed by atoms with Crippen molar-refractivity contribution in [1.29, 1.82) is 0 Å². The molecule has 10 nitrogen and oxygen atoms in total. The van der Waals surface area contributed by atoms with Crippen molar-refractivity contribution in [1.82, 2.24) is 22.9 Å². The molecule has 0 N–H and O–H groups in total. The normalized spacial score (nSPS) is 12.8. The maximum atomic E-state index is 12.3. The minimum Gasteiger partial charge on any atom is -0.203 e. The van der Waals surface area contributed by atoms with Crippen LogP contribution < -0.4 is 0 Å². The Balaban J connectivity index is 2.28. The van der Waals surface area contributed by atoms with Gasteiger partial charge in [-0.1, -0.05) is 30.3 Å². The summed E-state index contributed by atoms with van der Waals surface area (Å²) >= 11 is 0. The van der Waals surface area contributed by atoms with E-state index in [1.807, 2.05) is 6.07 Å². The minimum atomic E-state index is -4.16. The molecule has 1 aromatic carbocycles. The van der Waals surface area contributed by atoms with Gasteiger partial charge in [0.05, 0.1) is 6.21 Å². The lowest BCUT2D eigenvalue weighted by atomic mass is 10.2. The molecule has 0 bridgehead atoms. The molecule has 0 amide bonds. The largest absolute Gasteiger partial charge is 0.323 e. The zero-order chi connectivity index (χ0) is 18.0. The van der Waals surface area contributed by atoms with Crippen molar-refractivity contribution < 1.29 is 16.8 Å². The number of nitrogens with zero attached hydrogens (tertiary/aromatic N) is 6. The smallest absolute Gasteiger partial charge is 0.203 e. The molecule has 24 heavy (non-hydrogen) atoms. The van der Waals surface area contributed by atoms with Crippen molar-refractivity contribution in [3.05, 3.63) is 42.2 Å². The van der Waals surface area contributed by atoms with Crippen LogP contribution in [0.4, 0.5) is 0 Å². The second-order valence-electron chi connectivity index (χ2n) is 4.78. The van der Waals surface area contributed by atoms with Crippen molar-refractivity contribution in [3.8, 4) is 0 Å². The molecule has 0 spiro atoms. The van der Waals surface area contributed by atoms with Gasteiger partial charge in [-0.05, 0) is 5.56 Å². The highest BCUT2D eigenvalue weighted by atomic mass is 32.2. The van der Waals surface area contributed by atoms with Gasteiger partial charge in [-0.3, -0.25) is 0 Å². The Morgan fingerprint density at radius 3 is 2.29 bits per heavy atom. The molecule has 0 aliphatic rings. The summed E-state index contributed by atoms with van der Waals surface area (Å²) in [5, 5.41) is 6.68. The fraction of sp³-hybridized carbons (Fsp3) is 0.250. The zero-order valence-electron chi connectivity index (χ0n) is 13.2. The molecule has 0 fully saturated rings. The SMILES string of the molecule is CN(/N=C/c1ccccc1)S(=O)(=O)c1ncn(S(=O)(=O)N(C)C)n1. The van der Waals surface area contributed by atoms with E-state index in [1.54, 1.807) is 24.3 Å². The fourth-order valence-electron chi connectivity index (χ4n) is 1.50. The number of hydrogen-bond donors (Lipinski definition) is 0. The van der Waals surface area contributed by atoms with Gasteiger partial charge in [0.25, 0.3) is 5.16 Å². The van der Waals surface area contributed by atoms with Gasteiger partial charge < -0.3 is 0 Å². The maximum absolute atomic E-state index is 12.3. The molecule has 0 aliphatic carbocycles. The van der Waals surface area contributed by atoms with E-state index in [9.17, 15) is 16.8 Å². The molecule has 2 aromatic rings. The quantitative estimate of drug-likeness (QED) is 0.502. The molecule has 0 aliphatic heterocycles. The standard InChI is InChI=1S/C12H16N6O4S2/c1-16(2)24(21,22)18-10-13-12(15-18)23(19,20)17(3)14-9-11-7-5-4-6-8-11/h4-10H,1-3H3/b14-9+. The van der Waals surface area contributed by atoms with Gasteiger partial charge in [0, 0.05) is 21.1 Å². The van der Waals surface area contributed by atoms with Crippen LogP contribution >= 0.6 is 0 Å². The van der Waals surface area contributed by atoms with E-state index in [0.717, 1.165) is 10.6 Å². The van der Waals surface area contributed by atoms with Crippen LogP contribution in [0, 0.1) is 0 Å². The number of aromatic nitrogens is 3. The minimum absolute atomic E-state index is 0.481. The van der Waals surface area contributed by atoms with Crippen molar-refractivity contribution in [2.75, 3.05) is 21.1 Å². The molecule has 0 saturated carbocycles. The van der Waals surface area contributed by atoms with Gasteiger partial charge >= 0.3 is 20.2 Å². The Morgan fingerprint density at radius 1 is 1.08 bits per heavy atom. The first-order chi connectivity index (χ1) is 11.2. The molecule has 0 saturated heterocycles. The molecule has 1 heterocycles. The van der Waals surface area contributed by atoms with E-state index < -0.39 is 25.4 Å². The summed E-state index contributed by atoms with van der Waals surface area (Å²) in [7, 11) is -4.32. The predicted molar refractivity (Wildman–Crippen MR) is 87.0 cm³/mol. The Hall–Kier alpha value is -2.31. The van der Waals surface area contributed by atoms with Gasteiger partial charge in [-0.2, -0.15) is 30.7 Å². The summed E-state index contributed by atoms with van der Waals surface area (Å²) in [4.78, 5) is 3.56. The highest BCUT2D eigenvalue weighted by molar-refractivity contribution is 7.89. The third-order valence-electron chi connectivity index (χ3n) is 2.90. The van der Waals surface area contributed by atoms with Crippen LogP contribution in [0.15, 0.2) is 46.9 Å². The summed E-state index contributed by atoms with van der Waals surface area (Å²) in [5.41, 5.74) is 0.702. The third-order valence-corrected chi connectivity index (χ3v) is 5.91. The van der Waals surface area contributed by atoms with Crippen molar-refractivity contribution in [2.24, 2.45) is 5.10 Å². The van der Waals surface area contributed by atoms with Gasteiger partial charge in [-0.25, -0.2) is 4.98 Å². The molecular weight excluding hydrogens is 356 g/mol. The number of benzene rings is 1. The van der Waals surface area contributed by atoms with Gasteiger partial charge in [0.2, 0.25) is 0 Å². The average Bonchev–Trinajstić information content (AvgIpc) is 3.04. The van der Waals surface area contributed by atoms with Crippen molar-refractivity contribution in [2.45, 2.75) is 5.16 Å². The van der Waals surface area contributed by atoms with Crippen LogP contribution in [0.5, 0.6) is 0 Å². The van der Waals surface area contributed by atoms with E-state index in [0.29, 0.717) is 14.1 Å². The lowest BCUT2D eigenvalue weighted by Gasteiger charge is -2.11. The molecule has 130 valence electrons. The fourth-order valence-corrected chi connectivity index (χ4v) is 3.01. The van der Waals surface area contributed by atoms with Crippen molar-refractivity contribution >= 4 is 26.4 Å². The highest BCUT2D eigenvalue weighted by Gasteiger charge is 2.27. The summed E-state index contributed by atoms with van der Waals surface area (Å²) in [6.07, 6.45) is 2.17. The molecule has 0 atom stereocenters. The summed E-state index contributed by atoms with van der Waals surface area (Å²) in [5.74, 6) is 0. The third kappa shape index (κ3) is 3.60. The lowest BCUT2D eigenvalue weighted by Crippen LogP contribution is -2.30. The number of hydrogen-bond acceptors (Lipinski definition) is 7. The maximum Gasteiger partial charge on any atom is 0.323 e. The number of hydrazone groups is 1. The van der Waals surface area contributed by atoms with Crippen LogP contribution in [0.2, 0.25) is 0 Å². The highest BCUT2D eigenvalue weighted by Crippen LogP contribution is 2.10. The predicted octanol–water partition coefficient (Wildman–Crippen LogP) is -0.413. The van der Waals surface area contributed by atoms with E-state index in [1.165, 1.54) is 27.4 Å². The monoisotopic (exact) mass is 372 g/mol. The first kappa shape index (κ1) is 18.0. The first-order valence-electron chi connectivity index (χ1n) is 6.58. The van der Waals surface area contributed by atoms with Crippen LogP contribution in [0.25, 0.3) is 0 Å². The van der Waals surface area contributed by atoms with E-state index in [4.69, 9.17) is 0 Å². The molecule has 0 radical (unpaired) electrons. The zero-order valence-corrected chi connectivity index (χ0v) is 14.8. The Bertz CT molecular complexity index is 935. The first-order valence-corrected chi connectivity index (χ1v) is 9.42. The van der Waals surface area contributed by atoms with Gasteiger partial charge in [-0.15, -0.1) is 9.19 Å². The van der Waals surface area contributed by atoms with Gasteiger partial charge in [0.1, 0.15) is 6.33 Å². The van der Waals surface area contributed by atoms with Crippen LogP contribution in [0.3, 0.4) is 0 Å². The topological polar surface area (TPSA) is 118 Å². The second kappa shape index (κ2) is 6.67. The number of sulfonamides is 1. The molecule has 2 rings (SSSR count). The van der Waals surface area contributed by atoms with Crippen LogP contribution in [-0.4, -0.2) is 67.1 Å². The Labute approximate surface area is 140 Å². The lowest BCUT2D eigenvalue weighted by molar-refractivity contribution is 0.481. The Kier molecular flexibility index (Phi) is 5.01. The molecule has 0 unspecified atom stereocenters. The second-order valence-corrected chi connectivity index (χ2v) is 8.63. The van der Waals surface area contributed by atoms with Crippen LogP contribution in [0.1, 0.15) is 5.56 Å². The number of rotatable bonds is 6. The molecule has 1 aromatic heterocycles. The molecular formula is C12H16N6O4S2. The summed E-state index contributed by atoms with van der Waals surface area (Å²) in [6, 6.07) is 8.89. The van der Waals surface area contributed by atoms with Crippen molar-refractivity contribution in [3.63, 3.8) is 0 Å². The van der Waals surface area contributed by atoms with Gasteiger partial charge in [0.15, 0.2) is 0 Å². The molecule has 12 heteroatoms. The van der Waals surface area contributed by atoms with Crippen LogP contribution in [-0.2, 0) is 20.2 Å². The summed E-state index contributed by atoms with van der Waals surface area (Å²) in [6.45, 7) is 0. The Morgan fingerprint density at radius 2 is 1.71 bits per heavy atom. The average molecular weight is 372 g/mol. The summed E-state index contributed by atoms with van der Waals surface area (Å²) < 4.78 is 50.5. The van der Waals surface area contributed by atoms with E-state index >= 15 is 0 Å².